The van der Waals surface area contributed by atoms with Crippen LogP contribution in [0.15, 0.2) is 18.3 Å². The van der Waals surface area contributed by atoms with Crippen LogP contribution in [0.4, 0.5) is 5.82 Å². The first-order chi connectivity index (χ1) is 9.19. The summed E-state index contributed by atoms with van der Waals surface area (Å²) in [6.45, 7) is 10.00. The molecule has 0 aromatic carbocycles. The van der Waals surface area contributed by atoms with Crippen molar-refractivity contribution in [2.24, 2.45) is 5.92 Å². The number of hydrogen-bond acceptors (Lipinski definition) is 3. The summed E-state index contributed by atoms with van der Waals surface area (Å²) in [6.07, 6.45) is 5.90. The van der Waals surface area contributed by atoms with E-state index in [9.17, 15) is 0 Å². The van der Waals surface area contributed by atoms with Gasteiger partial charge in [-0.05, 0) is 36.8 Å². The predicted molar refractivity (Wildman–Crippen MR) is 81.3 cm³/mol. The van der Waals surface area contributed by atoms with Gasteiger partial charge in [0, 0.05) is 31.9 Å². The van der Waals surface area contributed by atoms with Gasteiger partial charge in [0.25, 0.3) is 0 Å². The largest absolute Gasteiger partial charge is 0.370 e. The molecule has 0 aliphatic heterocycles. The van der Waals surface area contributed by atoms with Gasteiger partial charge >= 0.3 is 0 Å². The molecule has 0 unspecified atom stereocenters. The normalized spacial score (nSPS) is 15.2. The Morgan fingerprint density at radius 1 is 1.37 bits per heavy atom. The monoisotopic (exact) mass is 261 g/mol. The van der Waals surface area contributed by atoms with Crippen molar-refractivity contribution in [1.82, 2.24) is 9.88 Å². The van der Waals surface area contributed by atoms with Crippen LogP contribution >= 0.6 is 0 Å². The van der Waals surface area contributed by atoms with Crippen LogP contribution < -0.4 is 5.32 Å². The molecule has 106 valence electrons. The molecule has 0 spiro atoms. The minimum Gasteiger partial charge on any atom is -0.370 e. The molecular weight excluding hydrogens is 234 g/mol. The zero-order chi connectivity index (χ0) is 13.7. The number of pyridine rings is 1. The van der Waals surface area contributed by atoms with Gasteiger partial charge in [-0.2, -0.15) is 0 Å². The highest BCUT2D eigenvalue weighted by atomic mass is 15.2. The Kier molecular flexibility index (Phi) is 5.20. The van der Waals surface area contributed by atoms with Gasteiger partial charge in [0.1, 0.15) is 5.82 Å². The van der Waals surface area contributed by atoms with E-state index in [0.29, 0.717) is 0 Å². The SMILES string of the molecule is CCCNc1ccc(CN(CC(C)C)C2CC2)cn1. The molecule has 0 saturated heterocycles. The van der Waals surface area contributed by atoms with E-state index in [-0.39, 0.29) is 0 Å². The lowest BCUT2D eigenvalue weighted by Gasteiger charge is -2.24. The molecule has 1 N–H and O–H groups in total. The Morgan fingerprint density at radius 2 is 2.16 bits per heavy atom. The van der Waals surface area contributed by atoms with E-state index in [1.54, 1.807) is 0 Å². The molecule has 1 aliphatic rings. The van der Waals surface area contributed by atoms with Gasteiger partial charge in [-0.3, -0.25) is 4.90 Å². The van der Waals surface area contributed by atoms with Crippen molar-refractivity contribution in [2.75, 3.05) is 18.4 Å². The molecule has 0 bridgehead atoms. The maximum atomic E-state index is 4.49. The first kappa shape index (κ1) is 14.3. The van der Waals surface area contributed by atoms with Crippen LogP contribution in [-0.2, 0) is 6.54 Å². The van der Waals surface area contributed by atoms with E-state index in [2.05, 4.69) is 48.1 Å². The van der Waals surface area contributed by atoms with Crippen LogP contribution in [-0.4, -0.2) is 29.0 Å². The van der Waals surface area contributed by atoms with Crippen LogP contribution in [0.2, 0.25) is 0 Å². The third kappa shape index (κ3) is 4.83. The van der Waals surface area contributed by atoms with Crippen molar-refractivity contribution in [3.63, 3.8) is 0 Å². The Bertz CT molecular complexity index is 368. The summed E-state index contributed by atoms with van der Waals surface area (Å²) in [7, 11) is 0. The molecule has 1 fully saturated rings. The average Bonchev–Trinajstić information content (AvgIpc) is 3.21. The number of nitrogens with zero attached hydrogens (tertiary/aromatic N) is 2. The molecular formula is C16H27N3. The fraction of sp³-hybridized carbons (Fsp3) is 0.688. The van der Waals surface area contributed by atoms with Gasteiger partial charge in [-0.1, -0.05) is 26.8 Å². The smallest absolute Gasteiger partial charge is 0.125 e. The number of hydrogen-bond donors (Lipinski definition) is 1. The Balaban J connectivity index is 1.89. The highest BCUT2D eigenvalue weighted by Gasteiger charge is 2.29. The minimum absolute atomic E-state index is 0.735. The average molecular weight is 261 g/mol. The molecule has 0 amide bonds. The van der Waals surface area contributed by atoms with E-state index in [4.69, 9.17) is 0 Å². The van der Waals surface area contributed by atoms with Crippen molar-refractivity contribution >= 4 is 5.82 Å². The number of anilines is 1. The standard InChI is InChI=1S/C16H27N3/c1-4-9-17-16-8-5-14(10-18-16)12-19(11-13(2)3)15-6-7-15/h5,8,10,13,15H,4,6-7,9,11-12H2,1-3H3,(H,17,18). The second-order valence-corrected chi connectivity index (χ2v) is 6.03. The fourth-order valence-electron chi connectivity index (χ4n) is 2.36. The molecule has 0 atom stereocenters. The maximum absolute atomic E-state index is 4.49. The first-order valence-electron chi connectivity index (χ1n) is 7.62. The summed E-state index contributed by atoms with van der Waals surface area (Å²) in [6, 6.07) is 5.13. The van der Waals surface area contributed by atoms with Gasteiger partial charge in [-0.25, -0.2) is 4.98 Å². The summed E-state index contributed by atoms with van der Waals surface area (Å²) >= 11 is 0. The minimum atomic E-state index is 0.735. The molecule has 1 saturated carbocycles. The lowest BCUT2D eigenvalue weighted by molar-refractivity contribution is 0.226. The van der Waals surface area contributed by atoms with Gasteiger partial charge in [-0.15, -0.1) is 0 Å². The second-order valence-electron chi connectivity index (χ2n) is 6.03. The van der Waals surface area contributed by atoms with Crippen LogP contribution in [0.25, 0.3) is 0 Å². The number of rotatable bonds is 8. The van der Waals surface area contributed by atoms with E-state index in [1.807, 2.05) is 6.20 Å². The third-order valence-electron chi connectivity index (χ3n) is 3.43. The van der Waals surface area contributed by atoms with Gasteiger partial charge in [0.05, 0.1) is 0 Å². The van der Waals surface area contributed by atoms with Crippen LogP contribution in [0.3, 0.4) is 0 Å². The quantitative estimate of drug-likeness (QED) is 0.776. The van der Waals surface area contributed by atoms with Gasteiger partial charge in [0.2, 0.25) is 0 Å². The Hall–Kier alpha value is -1.09. The zero-order valence-electron chi connectivity index (χ0n) is 12.5. The molecule has 19 heavy (non-hydrogen) atoms. The van der Waals surface area contributed by atoms with Crippen molar-refractivity contribution in [2.45, 2.75) is 52.6 Å². The van der Waals surface area contributed by atoms with E-state index >= 15 is 0 Å². The first-order valence-corrected chi connectivity index (χ1v) is 7.62. The zero-order valence-corrected chi connectivity index (χ0v) is 12.5. The molecule has 0 radical (unpaired) electrons. The topological polar surface area (TPSA) is 28.2 Å². The fourth-order valence-corrected chi connectivity index (χ4v) is 2.36. The van der Waals surface area contributed by atoms with Crippen LogP contribution in [0.5, 0.6) is 0 Å². The van der Waals surface area contributed by atoms with E-state index < -0.39 is 0 Å². The lowest BCUT2D eigenvalue weighted by atomic mass is 10.2. The molecule has 1 heterocycles. The van der Waals surface area contributed by atoms with Crippen LogP contribution in [0, 0.1) is 5.92 Å². The van der Waals surface area contributed by atoms with Crippen molar-refractivity contribution < 1.29 is 0 Å². The molecule has 1 aromatic rings. The molecule has 2 rings (SSSR count). The summed E-state index contributed by atoms with van der Waals surface area (Å²) < 4.78 is 0. The summed E-state index contributed by atoms with van der Waals surface area (Å²) in [5, 5.41) is 3.32. The number of nitrogens with one attached hydrogen (secondary N) is 1. The van der Waals surface area contributed by atoms with Crippen molar-refractivity contribution in [3.8, 4) is 0 Å². The Morgan fingerprint density at radius 3 is 2.68 bits per heavy atom. The molecule has 1 aliphatic carbocycles. The molecule has 1 aromatic heterocycles. The van der Waals surface area contributed by atoms with Crippen molar-refractivity contribution in [3.05, 3.63) is 23.9 Å². The van der Waals surface area contributed by atoms with Crippen LogP contribution in [0.1, 0.15) is 45.6 Å². The summed E-state index contributed by atoms with van der Waals surface area (Å²) in [4.78, 5) is 7.10. The molecule has 3 nitrogen and oxygen atoms in total. The van der Waals surface area contributed by atoms with E-state index in [0.717, 1.165) is 37.3 Å². The molecule has 3 heteroatoms. The van der Waals surface area contributed by atoms with Gasteiger partial charge in [0.15, 0.2) is 0 Å². The maximum Gasteiger partial charge on any atom is 0.125 e. The highest BCUT2D eigenvalue weighted by Crippen LogP contribution is 2.29. The van der Waals surface area contributed by atoms with Crippen molar-refractivity contribution in [1.29, 1.82) is 0 Å². The summed E-state index contributed by atoms with van der Waals surface area (Å²) in [5.74, 6) is 1.73. The number of aromatic nitrogens is 1. The van der Waals surface area contributed by atoms with Gasteiger partial charge < -0.3 is 5.32 Å². The third-order valence-corrected chi connectivity index (χ3v) is 3.43. The Labute approximate surface area is 117 Å². The highest BCUT2D eigenvalue weighted by molar-refractivity contribution is 5.35. The lowest BCUT2D eigenvalue weighted by Crippen LogP contribution is -2.29. The second kappa shape index (κ2) is 6.90. The predicted octanol–water partition coefficient (Wildman–Crippen LogP) is 3.52. The van der Waals surface area contributed by atoms with E-state index in [1.165, 1.54) is 24.9 Å². The summed E-state index contributed by atoms with van der Waals surface area (Å²) in [5.41, 5.74) is 1.33.